The van der Waals surface area contributed by atoms with E-state index >= 15 is 0 Å². The molecule has 72 valence electrons. The molecule has 13 heavy (non-hydrogen) atoms. The van der Waals surface area contributed by atoms with E-state index in [9.17, 15) is 13.2 Å². The molecule has 1 rings (SSSR count). The molecule has 0 amide bonds. The summed E-state index contributed by atoms with van der Waals surface area (Å²) in [6.07, 6.45) is -2.71. The molecule has 3 nitrogen and oxygen atoms in total. The maximum absolute atomic E-state index is 11.7. The summed E-state index contributed by atoms with van der Waals surface area (Å²) >= 11 is 0. The summed E-state index contributed by atoms with van der Waals surface area (Å²) in [4.78, 5) is 0. The van der Waals surface area contributed by atoms with Crippen molar-refractivity contribution in [3.8, 4) is 0 Å². The van der Waals surface area contributed by atoms with Crippen molar-refractivity contribution in [2.24, 2.45) is 0 Å². The fourth-order valence-corrected chi connectivity index (χ4v) is 0.760. The van der Waals surface area contributed by atoms with Crippen molar-refractivity contribution in [3.05, 3.63) is 24.0 Å². The standard InChI is InChI=1S/C7H8F3N3/c8-7(9,10)5-11-4-6-2-1-3-12-13-6/h1-3,11H,4-5H2. The molecular weight excluding hydrogens is 183 g/mol. The number of halogens is 3. The first kappa shape index (κ1) is 9.91. The van der Waals surface area contributed by atoms with Crippen LogP contribution in [0.3, 0.4) is 0 Å². The summed E-state index contributed by atoms with van der Waals surface area (Å²) < 4.78 is 35.0. The van der Waals surface area contributed by atoms with E-state index in [0.717, 1.165) is 0 Å². The van der Waals surface area contributed by atoms with Gasteiger partial charge < -0.3 is 5.32 Å². The highest BCUT2D eigenvalue weighted by Gasteiger charge is 2.26. The Kier molecular flexibility index (Phi) is 3.18. The number of rotatable bonds is 3. The largest absolute Gasteiger partial charge is 0.401 e. The zero-order valence-electron chi connectivity index (χ0n) is 6.67. The Labute approximate surface area is 73.0 Å². The maximum atomic E-state index is 11.7. The van der Waals surface area contributed by atoms with Crippen molar-refractivity contribution in [1.29, 1.82) is 0 Å². The topological polar surface area (TPSA) is 37.8 Å². The highest BCUT2D eigenvalue weighted by molar-refractivity contribution is 4.98. The molecule has 0 saturated heterocycles. The molecule has 0 fully saturated rings. The zero-order chi connectivity index (χ0) is 9.73. The third kappa shape index (κ3) is 4.41. The normalized spacial score (nSPS) is 11.6. The quantitative estimate of drug-likeness (QED) is 0.778. The van der Waals surface area contributed by atoms with Crippen LogP contribution in [0.1, 0.15) is 5.69 Å². The van der Waals surface area contributed by atoms with Gasteiger partial charge in [0.1, 0.15) is 0 Å². The molecule has 6 heteroatoms. The van der Waals surface area contributed by atoms with Gasteiger partial charge in [0.05, 0.1) is 12.2 Å². The maximum Gasteiger partial charge on any atom is 0.401 e. The smallest absolute Gasteiger partial charge is 0.303 e. The number of nitrogens with one attached hydrogen (secondary N) is 1. The summed E-state index contributed by atoms with van der Waals surface area (Å²) in [5.74, 6) is 0. The fourth-order valence-electron chi connectivity index (χ4n) is 0.760. The van der Waals surface area contributed by atoms with Crippen LogP contribution in [0.2, 0.25) is 0 Å². The van der Waals surface area contributed by atoms with Gasteiger partial charge in [-0.05, 0) is 12.1 Å². The lowest BCUT2D eigenvalue weighted by molar-refractivity contribution is -0.125. The van der Waals surface area contributed by atoms with Crippen molar-refractivity contribution < 1.29 is 13.2 Å². The molecule has 0 radical (unpaired) electrons. The molecule has 0 atom stereocenters. The monoisotopic (exact) mass is 191 g/mol. The molecule has 0 aliphatic carbocycles. The van der Waals surface area contributed by atoms with Gasteiger partial charge in [0, 0.05) is 12.7 Å². The fraction of sp³-hybridized carbons (Fsp3) is 0.429. The Morgan fingerprint density at radius 2 is 2.15 bits per heavy atom. The Balaban J connectivity index is 2.29. The SMILES string of the molecule is FC(F)(F)CNCc1cccnn1. The van der Waals surface area contributed by atoms with Crippen molar-refractivity contribution >= 4 is 0 Å². The van der Waals surface area contributed by atoms with E-state index in [1.54, 1.807) is 12.1 Å². The van der Waals surface area contributed by atoms with Crippen LogP contribution in [0.5, 0.6) is 0 Å². The van der Waals surface area contributed by atoms with E-state index in [4.69, 9.17) is 0 Å². The highest BCUT2D eigenvalue weighted by atomic mass is 19.4. The molecule has 1 N–H and O–H groups in total. The molecule has 0 saturated carbocycles. The van der Waals surface area contributed by atoms with Crippen LogP contribution in [0.25, 0.3) is 0 Å². The van der Waals surface area contributed by atoms with E-state index < -0.39 is 12.7 Å². The predicted octanol–water partition coefficient (Wildman–Crippen LogP) is 1.13. The van der Waals surface area contributed by atoms with Crippen molar-refractivity contribution in [2.75, 3.05) is 6.54 Å². The Hall–Kier alpha value is -1.17. The van der Waals surface area contributed by atoms with E-state index in [2.05, 4.69) is 15.5 Å². The third-order valence-electron chi connectivity index (χ3n) is 1.26. The molecule has 0 spiro atoms. The summed E-state index contributed by atoms with van der Waals surface area (Å²) in [5, 5.41) is 9.36. The van der Waals surface area contributed by atoms with Crippen LogP contribution in [-0.2, 0) is 6.54 Å². The van der Waals surface area contributed by atoms with Crippen LogP contribution in [0.15, 0.2) is 18.3 Å². The van der Waals surface area contributed by atoms with Crippen molar-refractivity contribution in [2.45, 2.75) is 12.7 Å². The first-order valence-corrected chi connectivity index (χ1v) is 3.62. The molecule has 1 heterocycles. The highest BCUT2D eigenvalue weighted by Crippen LogP contribution is 2.12. The lowest BCUT2D eigenvalue weighted by Gasteiger charge is -2.06. The molecule has 0 unspecified atom stereocenters. The van der Waals surface area contributed by atoms with Gasteiger partial charge in [-0.2, -0.15) is 23.4 Å². The summed E-state index contributed by atoms with van der Waals surface area (Å²) in [5.41, 5.74) is 0.492. The lowest BCUT2D eigenvalue weighted by atomic mass is 10.4. The van der Waals surface area contributed by atoms with Gasteiger partial charge in [-0.3, -0.25) is 0 Å². The Morgan fingerprint density at radius 1 is 1.38 bits per heavy atom. The van der Waals surface area contributed by atoms with Crippen LogP contribution in [-0.4, -0.2) is 22.9 Å². The van der Waals surface area contributed by atoms with E-state index in [-0.39, 0.29) is 6.54 Å². The molecule has 0 aliphatic heterocycles. The van der Waals surface area contributed by atoms with Gasteiger partial charge in [-0.25, -0.2) is 0 Å². The van der Waals surface area contributed by atoms with Crippen molar-refractivity contribution in [3.63, 3.8) is 0 Å². The first-order valence-electron chi connectivity index (χ1n) is 3.62. The molecule has 0 aliphatic rings. The van der Waals surface area contributed by atoms with Gasteiger partial charge in [-0.15, -0.1) is 0 Å². The van der Waals surface area contributed by atoms with Crippen LogP contribution in [0.4, 0.5) is 13.2 Å². The first-order chi connectivity index (χ1) is 6.08. The average Bonchev–Trinajstić information content (AvgIpc) is 2.04. The third-order valence-corrected chi connectivity index (χ3v) is 1.26. The molecule has 1 aromatic rings. The minimum atomic E-state index is -4.18. The second-order valence-electron chi connectivity index (χ2n) is 2.43. The summed E-state index contributed by atoms with van der Waals surface area (Å²) in [6, 6.07) is 3.23. The minimum absolute atomic E-state index is 0.0767. The van der Waals surface area contributed by atoms with Crippen LogP contribution < -0.4 is 5.32 Å². The van der Waals surface area contributed by atoms with Gasteiger partial charge in [0.25, 0.3) is 0 Å². The Morgan fingerprint density at radius 3 is 2.69 bits per heavy atom. The number of hydrogen-bond acceptors (Lipinski definition) is 3. The number of nitrogens with zero attached hydrogens (tertiary/aromatic N) is 2. The minimum Gasteiger partial charge on any atom is -0.303 e. The molecular formula is C7H8F3N3. The zero-order valence-corrected chi connectivity index (χ0v) is 6.67. The van der Waals surface area contributed by atoms with Gasteiger partial charge in [0.15, 0.2) is 0 Å². The Bertz CT molecular complexity index is 247. The van der Waals surface area contributed by atoms with Crippen LogP contribution in [0, 0.1) is 0 Å². The average molecular weight is 191 g/mol. The number of aromatic nitrogens is 2. The molecule has 0 aromatic carbocycles. The van der Waals surface area contributed by atoms with E-state index in [1.165, 1.54) is 6.20 Å². The van der Waals surface area contributed by atoms with Gasteiger partial charge in [0.2, 0.25) is 0 Å². The summed E-state index contributed by atoms with van der Waals surface area (Å²) in [6.45, 7) is -0.934. The lowest BCUT2D eigenvalue weighted by Crippen LogP contribution is -2.28. The number of hydrogen-bond donors (Lipinski definition) is 1. The van der Waals surface area contributed by atoms with Crippen molar-refractivity contribution in [1.82, 2.24) is 15.5 Å². The van der Waals surface area contributed by atoms with E-state index in [0.29, 0.717) is 5.69 Å². The van der Waals surface area contributed by atoms with Gasteiger partial charge >= 0.3 is 6.18 Å². The van der Waals surface area contributed by atoms with Gasteiger partial charge in [-0.1, -0.05) is 0 Å². The second-order valence-corrected chi connectivity index (χ2v) is 2.43. The summed E-state index contributed by atoms with van der Waals surface area (Å²) in [7, 11) is 0. The molecule has 0 bridgehead atoms. The second kappa shape index (κ2) is 4.18. The van der Waals surface area contributed by atoms with Crippen LogP contribution >= 0.6 is 0 Å². The molecule has 1 aromatic heterocycles. The predicted molar refractivity (Wildman–Crippen MR) is 39.8 cm³/mol. The van der Waals surface area contributed by atoms with E-state index in [1.807, 2.05) is 0 Å². The number of alkyl halides is 3.